The molecule has 9 N–H and O–H groups in total. The van der Waals surface area contributed by atoms with Crippen molar-refractivity contribution in [2.45, 2.75) is 12.0 Å². The smallest absolute Gasteiger partial charge is 0.200 e. The van der Waals surface area contributed by atoms with Crippen molar-refractivity contribution in [3.8, 4) is 57.5 Å². The van der Waals surface area contributed by atoms with Crippen LogP contribution in [-0.2, 0) is 0 Å². The van der Waals surface area contributed by atoms with Gasteiger partial charge in [0.25, 0.3) is 0 Å². The average molecular weight is 518 g/mol. The molecule has 0 aliphatic carbocycles. The van der Waals surface area contributed by atoms with Crippen molar-refractivity contribution in [1.82, 2.24) is 0 Å². The van der Waals surface area contributed by atoms with E-state index in [4.69, 9.17) is 4.74 Å². The Kier molecular flexibility index (Phi) is 5.71. The van der Waals surface area contributed by atoms with Crippen molar-refractivity contribution in [3.05, 3.63) is 82.4 Å². The molecule has 0 bridgehead atoms. The maximum absolute atomic E-state index is 10.7. The first-order valence-corrected chi connectivity index (χ1v) is 11.3. The molecule has 0 spiro atoms. The van der Waals surface area contributed by atoms with Crippen LogP contribution >= 0.6 is 0 Å². The Hall–Kier alpha value is -5.38. The van der Waals surface area contributed by atoms with Gasteiger partial charge in [-0.3, -0.25) is 0 Å². The Morgan fingerprint density at radius 3 is 1.63 bits per heavy atom. The van der Waals surface area contributed by atoms with E-state index in [1.54, 1.807) is 6.08 Å². The lowest BCUT2D eigenvalue weighted by atomic mass is 9.82. The van der Waals surface area contributed by atoms with Crippen LogP contribution in [0.2, 0.25) is 0 Å². The summed E-state index contributed by atoms with van der Waals surface area (Å²) in [5, 5.41) is 91.2. The van der Waals surface area contributed by atoms with E-state index >= 15 is 0 Å². The van der Waals surface area contributed by atoms with E-state index in [0.29, 0.717) is 22.3 Å². The van der Waals surface area contributed by atoms with Gasteiger partial charge in [0.05, 0.1) is 5.92 Å². The van der Waals surface area contributed by atoms with Gasteiger partial charge in [0.1, 0.15) is 29.1 Å². The summed E-state index contributed by atoms with van der Waals surface area (Å²) < 4.78 is 6.04. The summed E-state index contributed by atoms with van der Waals surface area (Å²) in [5.41, 5.74) is 1.57. The van der Waals surface area contributed by atoms with E-state index < -0.39 is 40.8 Å². The van der Waals surface area contributed by atoms with Gasteiger partial charge < -0.3 is 50.7 Å². The monoisotopic (exact) mass is 518 g/mol. The maximum atomic E-state index is 10.7. The molecule has 1 aliphatic rings. The highest BCUT2D eigenvalue weighted by molar-refractivity contribution is 5.78. The predicted octanol–water partition coefficient (Wildman–Crippen LogP) is 4.47. The molecule has 38 heavy (non-hydrogen) atoms. The van der Waals surface area contributed by atoms with E-state index in [0.717, 1.165) is 24.3 Å². The number of ether oxygens (including phenoxy) is 1. The summed E-state index contributed by atoms with van der Waals surface area (Å²) in [7, 11) is 0. The van der Waals surface area contributed by atoms with Gasteiger partial charge in [-0.1, -0.05) is 12.2 Å². The Morgan fingerprint density at radius 2 is 1.05 bits per heavy atom. The summed E-state index contributed by atoms with van der Waals surface area (Å²) in [6.45, 7) is 0. The molecule has 1 aliphatic heterocycles. The van der Waals surface area contributed by atoms with Crippen molar-refractivity contribution in [2.75, 3.05) is 0 Å². The van der Waals surface area contributed by atoms with Crippen LogP contribution in [0.5, 0.6) is 57.5 Å². The Labute approximate surface area is 215 Å². The van der Waals surface area contributed by atoms with Crippen molar-refractivity contribution in [3.63, 3.8) is 0 Å². The minimum atomic E-state index is -1.08. The standard InChI is InChI=1S/C28H22O10/c29-16-3-12(4-17(30)10-16)1-2-13-7-22(35)26(37)28-23(13)24(14-5-18(31)11-19(32)6-14)27(38-28)15-8-20(33)25(36)21(34)9-15/h1-11,24,27,29-37H. The highest BCUT2D eigenvalue weighted by Crippen LogP contribution is 2.58. The molecular formula is C28H22O10. The summed E-state index contributed by atoms with van der Waals surface area (Å²) in [5.74, 6) is -5.00. The first-order valence-electron chi connectivity index (χ1n) is 11.3. The number of hydrogen-bond donors (Lipinski definition) is 9. The van der Waals surface area contributed by atoms with E-state index in [-0.39, 0.29) is 34.3 Å². The van der Waals surface area contributed by atoms with Crippen molar-refractivity contribution in [2.24, 2.45) is 0 Å². The van der Waals surface area contributed by atoms with Gasteiger partial charge in [-0.05, 0) is 59.2 Å². The second kappa shape index (κ2) is 8.93. The van der Waals surface area contributed by atoms with Gasteiger partial charge in [-0.2, -0.15) is 0 Å². The first kappa shape index (κ1) is 24.3. The van der Waals surface area contributed by atoms with Crippen LogP contribution in [0.25, 0.3) is 12.2 Å². The molecule has 4 aromatic carbocycles. The lowest BCUT2D eigenvalue weighted by Gasteiger charge is -2.22. The third-order valence-corrected chi connectivity index (χ3v) is 6.25. The van der Waals surface area contributed by atoms with E-state index in [2.05, 4.69) is 0 Å². The molecule has 194 valence electrons. The van der Waals surface area contributed by atoms with Crippen LogP contribution in [0.15, 0.2) is 54.6 Å². The fourth-order valence-corrected chi connectivity index (χ4v) is 4.68. The van der Waals surface area contributed by atoms with Crippen molar-refractivity contribution >= 4 is 12.2 Å². The molecule has 10 heteroatoms. The fraction of sp³-hybridized carbons (Fsp3) is 0.0714. The second-order valence-electron chi connectivity index (χ2n) is 8.90. The molecule has 2 atom stereocenters. The number of phenolic OH excluding ortho intramolecular Hbond substituents is 9. The highest BCUT2D eigenvalue weighted by Gasteiger charge is 2.42. The number of fused-ring (bicyclic) bond motifs is 1. The molecule has 10 nitrogen and oxygen atoms in total. The predicted molar refractivity (Wildman–Crippen MR) is 135 cm³/mol. The normalized spacial score (nSPS) is 16.4. The molecule has 0 fully saturated rings. The molecule has 2 unspecified atom stereocenters. The SMILES string of the molecule is Oc1cc(O)cc(C=Cc2cc(O)c(O)c3c2C(c2cc(O)cc(O)c2)C(c2cc(O)c(O)c(O)c2)O3)c1. The van der Waals surface area contributed by atoms with E-state index in [1.165, 1.54) is 36.4 Å². The number of rotatable bonds is 4. The molecule has 1 heterocycles. The van der Waals surface area contributed by atoms with Crippen LogP contribution in [0.1, 0.15) is 39.8 Å². The number of hydrogen-bond acceptors (Lipinski definition) is 10. The van der Waals surface area contributed by atoms with E-state index in [9.17, 15) is 46.0 Å². The van der Waals surface area contributed by atoms with Crippen LogP contribution in [0.4, 0.5) is 0 Å². The molecule has 0 aromatic heterocycles. The Morgan fingerprint density at radius 1 is 0.526 bits per heavy atom. The van der Waals surface area contributed by atoms with Crippen LogP contribution in [0, 0.1) is 0 Å². The topological polar surface area (TPSA) is 191 Å². The minimum Gasteiger partial charge on any atom is -0.508 e. The Bertz CT molecular complexity index is 1540. The van der Waals surface area contributed by atoms with Crippen LogP contribution in [0.3, 0.4) is 0 Å². The zero-order valence-electron chi connectivity index (χ0n) is 19.4. The zero-order chi connectivity index (χ0) is 27.3. The van der Waals surface area contributed by atoms with Crippen molar-refractivity contribution < 1.29 is 50.7 Å². The second-order valence-corrected chi connectivity index (χ2v) is 8.90. The lowest BCUT2D eigenvalue weighted by molar-refractivity contribution is 0.212. The van der Waals surface area contributed by atoms with Crippen LogP contribution in [-0.4, -0.2) is 46.0 Å². The summed E-state index contributed by atoms with van der Waals surface area (Å²) in [6, 6.07) is 11.4. The first-order chi connectivity index (χ1) is 18.0. The third-order valence-electron chi connectivity index (χ3n) is 6.25. The summed E-state index contributed by atoms with van der Waals surface area (Å²) in [6.07, 6.45) is 2.00. The number of aromatic hydroxyl groups is 9. The van der Waals surface area contributed by atoms with Gasteiger partial charge in [-0.15, -0.1) is 0 Å². The average Bonchev–Trinajstić information content (AvgIpc) is 3.23. The molecule has 0 amide bonds. The summed E-state index contributed by atoms with van der Waals surface area (Å²) in [4.78, 5) is 0. The van der Waals surface area contributed by atoms with Gasteiger partial charge in [0.2, 0.25) is 5.75 Å². The number of phenols is 9. The molecule has 0 saturated heterocycles. The van der Waals surface area contributed by atoms with Gasteiger partial charge in [0, 0.05) is 23.3 Å². The van der Waals surface area contributed by atoms with Gasteiger partial charge in [0.15, 0.2) is 28.7 Å². The largest absolute Gasteiger partial charge is 0.508 e. The van der Waals surface area contributed by atoms with E-state index in [1.807, 2.05) is 0 Å². The quantitative estimate of drug-likeness (QED) is 0.137. The molecule has 5 rings (SSSR count). The molecule has 4 aromatic rings. The third kappa shape index (κ3) is 4.24. The summed E-state index contributed by atoms with van der Waals surface area (Å²) >= 11 is 0. The lowest BCUT2D eigenvalue weighted by Crippen LogP contribution is -2.12. The highest BCUT2D eigenvalue weighted by atomic mass is 16.5. The van der Waals surface area contributed by atoms with Crippen molar-refractivity contribution in [1.29, 1.82) is 0 Å². The van der Waals surface area contributed by atoms with Gasteiger partial charge >= 0.3 is 0 Å². The fourth-order valence-electron chi connectivity index (χ4n) is 4.68. The molecule has 0 saturated carbocycles. The molecular weight excluding hydrogens is 496 g/mol. The molecule has 0 radical (unpaired) electrons. The maximum Gasteiger partial charge on any atom is 0.200 e. The van der Waals surface area contributed by atoms with Gasteiger partial charge in [-0.25, -0.2) is 0 Å². The Balaban J connectivity index is 1.74. The number of benzene rings is 4. The zero-order valence-corrected chi connectivity index (χ0v) is 19.4. The van der Waals surface area contributed by atoms with Crippen LogP contribution < -0.4 is 4.74 Å². The minimum absolute atomic E-state index is 0.131.